The Morgan fingerprint density at radius 2 is 2.19 bits per heavy atom. The van der Waals surface area contributed by atoms with Crippen LogP contribution in [-0.2, 0) is 16.1 Å². The Labute approximate surface area is 93.8 Å². The Bertz CT molecular complexity index is 387. The summed E-state index contributed by atoms with van der Waals surface area (Å²) in [6.07, 6.45) is 0.900. The minimum Gasteiger partial charge on any atom is -0.444 e. The molecule has 2 atom stereocenters. The predicted molar refractivity (Wildman–Crippen MR) is 56.6 cm³/mol. The second-order valence-electron chi connectivity index (χ2n) is 4.14. The van der Waals surface area contributed by atoms with Crippen molar-refractivity contribution in [1.82, 2.24) is 4.90 Å². The van der Waals surface area contributed by atoms with Crippen molar-refractivity contribution in [2.45, 2.75) is 25.4 Å². The van der Waals surface area contributed by atoms with Crippen LogP contribution in [0.4, 0.5) is 4.79 Å². The van der Waals surface area contributed by atoms with E-state index in [0.29, 0.717) is 13.2 Å². The number of carbonyl (C=O) groups is 1. The van der Waals surface area contributed by atoms with Gasteiger partial charge in [-0.3, -0.25) is 4.90 Å². The van der Waals surface area contributed by atoms with Crippen molar-refractivity contribution in [3.05, 3.63) is 35.9 Å². The molecular weight excluding hydrogens is 206 g/mol. The van der Waals surface area contributed by atoms with Crippen molar-refractivity contribution in [2.75, 3.05) is 6.54 Å². The average molecular weight is 219 g/mol. The van der Waals surface area contributed by atoms with Crippen molar-refractivity contribution in [2.24, 2.45) is 0 Å². The summed E-state index contributed by atoms with van der Waals surface area (Å²) in [6.45, 7) is 1.01. The maximum absolute atomic E-state index is 11.7. The quantitative estimate of drug-likeness (QED) is 0.760. The van der Waals surface area contributed by atoms with Gasteiger partial charge in [-0.1, -0.05) is 30.3 Å². The first kappa shape index (κ1) is 9.66. The van der Waals surface area contributed by atoms with Gasteiger partial charge in [0.25, 0.3) is 0 Å². The van der Waals surface area contributed by atoms with Crippen LogP contribution in [0.1, 0.15) is 12.0 Å². The second-order valence-corrected chi connectivity index (χ2v) is 4.14. The van der Waals surface area contributed by atoms with E-state index in [9.17, 15) is 4.79 Å². The van der Waals surface area contributed by atoms with Crippen LogP contribution in [0.2, 0.25) is 0 Å². The summed E-state index contributed by atoms with van der Waals surface area (Å²) in [5, 5.41) is 0. The monoisotopic (exact) mass is 219 g/mol. The number of benzene rings is 1. The molecule has 0 radical (unpaired) electrons. The summed E-state index contributed by atoms with van der Waals surface area (Å²) in [5.41, 5.74) is 1.00. The van der Waals surface area contributed by atoms with Gasteiger partial charge < -0.3 is 9.47 Å². The number of ether oxygens (including phenoxy) is 2. The molecule has 0 aliphatic carbocycles. The second kappa shape index (κ2) is 3.79. The van der Waals surface area contributed by atoms with Gasteiger partial charge in [0.05, 0.1) is 12.6 Å². The topological polar surface area (TPSA) is 38.8 Å². The molecule has 1 amide bonds. The first-order chi connectivity index (χ1) is 7.83. The highest BCUT2D eigenvalue weighted by atomic mass is 16.6. The van der Waals surface area contributed by atoms with Gasteiger partial charge in [-0.15, -0.1) is 0 Å². The number of amides is 1. The van der Waals surface area contributed by atoms with Gasteiger partial charge in [-0.25, -0.2) is 4.79 Å². The molecule has 84 valence electrons. The van der Waals surface area contributed by atoms with E-state index in [4.69, 9.17) is 9.47 Å². The van der Waals surface area contributed by atoms with E-state index in [1.807, 2.05) is 30.3 Å². The molecular formula is C12H13NO3. The zero-order valence-electron chi connectivity index (χ0n) is 8.83. The Hall–Kier alpha value is -1.55. The third kappa shape index (κ3) is 1.65. The van der Waals surface area contributed by atoms with E-state index in [-0.39, 0.29) is 18.4 Å². The van der Waals surface area contributed by atoms with Crippen molar-refractivity contribution >= 4 is 6.09 Å². The SMILES string of the molecule is O=C(OCc1ccccc1)N1CC2CC1O2. The number of carbonyl (C=O) groups excluding carboxylic acids is 1. The molecule has 3 aliphatic heterocycles. The van der Waals surface area contributed by atoms with E-state index in [1.165, 1.54) is 0 Å². The van der Waals surface area contributed by atoms with Crippen LogP contribution >= 0.6 is 0 Å². The Morgan fingerprint density at radius 1 is 1.44 bits per heavy atom. The Morgan fingerprint density at radius 3 is 2.81 bits per heavy atom. The molecule has 2 unspecified atom stereocenters. The molecule has 4 nitrogen and oxygen atoms in total. The predicted octanol–water partition coefficient (Wildman–Crippen LogP) is 1.75. The summed E-state index contributed by atoms with van der Waals surface area (Å²) in [6, 6.07) is 9.67. The van der Waals surface area contributed by atoms with Gasteiger partial charge in [0.1, 0.15) is 12.8 Å². The molecule has 3 aliphatic rings. The van der Waals surface area contributed by atoms with E-state index >= 15 is 0 Å². The molecule has 4 heteroatoms. The van der Waals surface area contributed by atoms with Crippen molar-refractivity contribution in [3.8, 4) is 0 Å². The third-order valence-electron chi connectivity index (χ3n) is 3.00. The van der Waals surface area contributed by atoms with Crippen molar-refractivity contribution < 1.29 is 14.3 Å². The average Bonchev–Trinajstić information content (AvgIpc) is 2.86. The zero-order valence-corrected chi connectivity index (χ0v) is 8.83. The van der Waals surface area contributed by atoms with E-state index in [2.05, 4.69) is 0 Å². The maximum Gasteiger partial charge on any atom is 0.412 e. The molecule has 0 spiro atoms. The van der Waals surface area contributed by atoms with Gasteiger partial charge in [-0.2, -0.15) is 0 Å². The van der Waals surface area contributed by atoms with Gasteiger partial charge in [0.15, 0.2) is 0 Å². The van der Waals surface area contributed by atoms with E-state index < -0.39 is 0 Å². The minimum absolute atomic E-state index is 0.0340. The van der Waals surface area contributed by atoms with Crippen LogP contribution in [0.25, 0.3) is 0 Å². The summed E-state index contributed by atoms with van der Waals surface area (Å²) < 4.78 is 10.6. The highest BCUT2D eigenvalue weighted by Crippen LogP contribution is 2.33. The molecule has 3 fully saturated rings. The Kier molecular flexibility index (Phi) is 2.29. The number of fused-ring (bicyclic) bond motifs is 1. The largest absolute Gasteiger partial charge is 0.444 e. The number of nitrogens with zero attached hydrogens (tertiary/aromatic N) is 1. The molecule has 2 bridgehead atoms. The summed E-state index contributed by atoms with van der Waals surface area (Å²) in [4.78, 5) is 13.3. The van der Waals surface area contributed by atoms with Crippen LogP contribution in [0.5, 0.6) is 0 Å². The first-order valence-electron chi connectivity index (χ1n) is 5.46. The summed E-state index contributed by atoms with van der Waals surface area (Å²) >= 11 is 0. The van der Waals surface area contributed by atoms with Gasteiger partial charge in [-0.05, 0) is 5.56 Å². The molecule has 4 rings (SSSR count). The molecule has 0 aromatic heterocycles. The summed E-state index contributed by atoms with van der Waals surface area (Å²) in [5.74, 6) is 0. The lowest BCUT2D eigenvalue weighted by Crippen LogP contribution is -2.36. The highest BCUT2D eigenvalue weighted by molar-refractivity contribution is 5.68. The molecule has 16 heavy (non-hydrogen) atoms. The first-order valence-corrected chi connectivity index (χ1v) is 5.46. The smallest absolute Gasteiger partial charge is 0.412 e. The fourth-order valence-electron chi connectivity index (χ4n) is 2.09. The molecule has 3 saturated heterocycles. The maximum atomic E-state index is 11.7. The van der Waals surface area contributed by atoms with Crippen LogP contribution in [0.3, 0.4) is 0 Å². The van der Waals surface area contributed by atoms with E-state index in [1.54, 1.807) is 4.90 Å². The van der Waals surface area contributed by atoms with E-state index in [0.717, 1.165) is 12.0 Å². The molecule has 0 saturated carbocycles. The minimum atomic E-state index is -0.270. The fourth-order valence-corrected chi connectivity index (χ4v) is 2.09. The normalized spacial score (nSPS) is 26.4. The number of hydrogen-bond donors (Lipinski definition) is 0. The van der Waals surface area contributed by atoms with Crippen LogP contribution in [-0.4, -0.2) is 29.9 Å². The lowest BCUT2D eigenvalue weighted by atomic mass is 10.2. The summed E-state index contributed by atoms with van der Waals surface area (Å²) in [7, 11) is 0. The van der Waals surface area contributed by atoms with Gasteiger partial charge >= 0.3 is 6.09 Å². The lowest BCUT2D eigenvalue weighted by molar-refractivity contribution is -0.0955. The van der Waals surface area contributed by atoms with Crippen molar-refractivity contribution in [3.63, 3.8) is 0 Å². The van der Waals surface area contributed by atoms with Crippen LogP contribution in [0.15, 0.2) is 30.3 Å². The number of rotatable bonds is 2. The molecule has 1 aromatic rings. The highest BCUT2D eigenvalue weighted by Gasteiger charge is 2.47. The van der Waals surface area contributed by atoms with Crippen LogP contribution in [0, 0.1) is 0 Å². The fraction of sp³-hybridized carbons (Fsp3) is 0.417. The molecule has 3 heterocycles. The van der Waals surface area contributed by atoms with Crippen LogP contribution < -0.4 is 0 Å². The van der Waals surface area contributed by atoms with Crippen molar-refractivity contribution in [1.29, 1.82) is 0 Å². The Balaban J connectivity index is 1.54. The zero-order chi connectivity index (χ0) is 11.0. The molecule has 1 aromatic carbocycles. The third-order valence-corrected chi connectivity index (χ3v) is 3.00. The number of hydrogen-bond acceptors (Lipinski definition) is 3. The van der Waals surface area contributed by atoms with Gasteiger partial charge in [0, 0.05) is 6.42 Å². The van der Waals surface area contributed by atoms with Gasteiger partial charge in [0.2, 0.25) is 0 Å². The molecule has 0 N–H and O–H groups in total. The lowest BCUT2D eigenvalue weighted by Gasteiger charge is -2.25. The standard InChI is InChI=1S/C12H13NO3/c14-12(13-7-10-6-11(13)16-10)15-8-9-4-2-1-3-5-9/h1-5,10-11H,6-8H2.